The minimum Gasteiger partial charge on any atom is -0.370 e. The Kier molecular flexibility index (Phi) is 8.71. The summed E-state index contributed by atoms with van der Waals surface area (Å²) in [6.45, 7) is 2.32. The number of H-pyrrole nitrogens is 1. The van der Waals surface area contributed by atoms with Gasteiger partial charge in [0.25, 0.3) is 5.56 Å². The molecule has 0 saturated carbocycles. The lowest BCUT2D eigenvalue weighted by atomic mass is 10.0. The molecule has 0 radical (unpaired) electrons. The summed E-state index contributed by atoms with van der Waals surface area (Å²) in [4.78, 5) is 22.4. The lowest BCUT2D eigenvalue weighted by molar-refractivity contribution is 0.375. The normalized spacial score (nSPS) is 13.9. The maximum absolute atomic E-state index is 12.9. The van der Waals surface area contributed by atoms with E-state index in [1.165, 1.54) is 0 Å². The fourth-order valence-electron chi connectivity index (χ4n) is 4.22. The second kappa shape index (κ2) is 11.3. The van der Waals surface area contributed by atoms with E-state index >= 15 is 0 Å². The van der Waals surface area contributed by atoms with Crippen molar-refractivity contribution >= 4 is 70.4 Å². The van der Waals surface area contributed by atoms with Gasteiger partial charge in [0, 0.05) is 31.2 Å². The molecule has 1 aliphatic heterocycles. The van der Waals surface area contributed by atoms with Crippen LogP contribution in [0.4, 0.5) is 11.5 Å². The lowest BCUT2D eigenvalue weighted by Gasteiger charge is -2.33. The van der Waals surface area contributed by atoms with Crippen LogP contribution in [0.15, 0.2) is 59.8 Å². The van der Waals surface area contributed by atoms with Crippen molar-refractivity contribution in [1.82, 2.24) is 19.7 Å². The van der Waals surface area contributed by atoms with Gasteiger partial charge in [-0.3, -0.25) is 14.5 Å². The smallest absolute Gasteiger partial charge is 0.275 e. The standard InChI is InChI=1S/C23H22Cl2N6O.2ClH/c24-19-4-3-15(10-20(19)25)12-27-21-11-16-13-28-31(22(16)23(32)29-21)17-5-8-30(9-6-17)18-2-1-7-26-14-18;;/h1-4,7,10-11,13-14,17H,5-6,8-9,12H2,(H2,27,29,32);2*1H. The van der Waals surface area contributed by atoms with Crippen LogP contribution in [-0.4, -0.2) is 32.8 Å². The number of hydrogen-bond acceptors (Lipinski definition) is 5. The van der Waals surface area contributed by atoms with Gasteiger partial charge in [0.1, 0.15) is 11.3 Å². The van der Waals surface area contributed by atoms with Crippen LogP contribution >= 0.6 is 48.0 Å². The highest BCUT2D eigenvalue weighted by atomic mass is 35.5. The number of piperidine rings is 1. The van der Waals surface area contributed by atoms with Crippen molar-refractivity contribution in [1.29, 1.82) is 0 Å². The average Bonchev–Trinajstić information content (AvgIpc) is 3.25. The predicted molar refractivity (Wildman–Crippen MR) is 143 cm³/mol. The van der Waals surface area contributed by atoms with Gasteiger partial charge in [-0.15, -0.1) is 24.8 Å². The van der Waals surface area contributed by atoms with Gasteiger partial charge >= 0.3 is 0 Å². The van der Waals surface area contributed by atoms with E-state index in [2.05, 4.69) is 31.3 Å². The zero-order valence-corrected chi connectivity index (χ0v) is 21.2. The largest absolute Gasteiger partial charge is 0.370 e. The number of rotatable bonds is 5. The van der Waals surface area contributed by atoms with Crippen LogP contribution < -0.4 is 15.8 Å². The minimum absolute atomic E-state index is 0. The van der Waals surface area contributed by atoms with E-state index in [0.717, 1.165) is 42.6 Å². The number of pyridine rings is 2. The lowest BCUT2D eigenvalue weighted by Crippen LogP contribution is -2.35. The molecule has 0 aliphatic carbocycles. The van der Waals surface area contributed by atoms with Gasteiger partial charge in [-0.05, 0) is 48.7 Å². The van der Waals surface area contributed by atoms with E-state index < -0.39 is 0 Å². The molecule has 1 aromatic carbocycles. The summed E-state index contributed by atoms with van der Waals surface area (Å²) in [7, 11) is 0. The van der Waals surface area contributed by atoms with Crippen molar-refractivity contribution in [3.05, 3.63) is 81.0 Å². The number of anilines is 2. The van der Waals surface area contributed by atoms with Crippen LogP contribution in [0.25, 0.3) is 10.9 Å². The van der Waals surface area contributed by atoms with Gasteiger partial charge in [0.05, 0.1) is 34.2 Å². The van der Waals surface area contributed by atoms with E-state index in [4.69, 9.17) is 23.2 Å². The number of halogens is 4. The summed E-state index contributed by atoms with van der Waals surface area (Å²) in [5.41, 5.74) is 2.57. The van der Waals surface area contributed by atoms with Crippen LogP contribution in [0, 0.1) is 0 Å². The molecule has 11 heteroatoms. The third kappa shape index (κ3) is 5.44. The topological polar surface area (TPSA) is 78.8 Å². The van der Waals surface area contributed by atoms with Crippen molar-refractivity contribution in [2.24, 2.45) is 0 Å². The number of fused-ring (bicyclic) bond motifs is 1. The number of nitrogens with zero attached hydrogens (tertiary/aromatic N) is 4. The molecule has 2 N–H and O–H groups in total. The summed E-state index contributed by atoms with van der Waals surface area (Å²) in [5.74, 6) is 0.638. The van der Waals surface area contributed by atoms with Crippen molar-refractivity contribution < 1.29 is 0 Å². The van der Waals surface area contributed by atoms with Crippen molar-refractivity contribution in [3.63, 3.8) is 0 Å². The zero-order valence-electron chi connectivity index (χ0n) is 18.1. The second-order valence-electron chi connectivity index (χ2n) is 7.94. The highest BCUT2D eigenvalue weighted by Crippen LogP contribution is 2.28. The van der Waals surface area contributed by atoms with Crippen LogP contribution in [0.1, 0.15) is 24.4 Å². The van der Waals surface area contributed by atoms with Gasteiger partial charge in [-0.25, -0.2) is 0 Å². The van der Waals surface area contributed by atoms with Gasteiger partial charge in [-0.1, -0.05) is 29.3 Å². The Hall–Kier alpha value is -2.45. The van der Waals surface area contributed by atoms with E-state index in [9.17, 15) is 4.79 Å². The molecule has 5 rings (SSSR count). The molecule has 0 unspecified atom stereocenters. The molecule has 1 aliphatic rings. The fraction of sp³-hybridized carbons (Fsp3) is 0.261. The summed E-state index contributed by atoms with van der Waals surface area (Å²) in [6.07, 6.45) is 7.28. The number of aromatic amines is 1. The Labute approximate surface area is 219 Å². The summed E-state index contributed by atoms with van der Waals surface area (Å²) in [6, 6.07) is 11.6. The first-order valence-electron chi connectivity index (χ1n) is 10.5. The first kappa shape index (κ1) is 26.2. The molecule has 0 atom stereocenters. The molecule has 1 saturated heterocycles. The Morgan fingerprint density at radius 1 is 1.06 bits per heavy atom. The molecule has 34 heavy (non-hydrogen) atoms. The van der Waals surface area contributed by atoms with Crippen molar-refractivity contribution in [3.8, 4) is 0 Å². The Morgan fingerprint density at radius 2 is 1.85 bits per heavy atom. The van der Waals surface area contributed by atoms with Crippen LogP contribution in [-0.2, 0) is 6.54 Å². The number of hydrogen-bond donors (Lipinski definition) is 2. The highest BCUT2D eigenvalue weighted by molar-refractivity contribution is 6.42. The molecular formula is C23H24Cl4N6O. The van der Waals surface area contributed by atoms with Gasteiger partial charge in [0.15, 0.2) is 0 Å². The van der Waals surface area contributed by atoms with Crippen LogP contribution in [0.2, 0.25) is 10.0 Å². The average molecular weight is 542 g/mol. The summed E-state index contributed by atoms with van der Waals surface area (Å²) in [5, 5.41) is 9.65. The molecule has 4 aromatic rings. The first-order chi connectivity index (χ1) is 15.6. The zero-order chi connectivity index (χ0) is 22.1. The molecule has 0 spiro atoms. The molecule has 0 amide bonds. The number of aromatic nitrogens is 4. The SMILES string of the molecule is Cl.Cl.O=c1[nH]c(NCc2ccc(Cl)c(Cl)c2)cc2cnn(C3CCN(c4cccnc4)CC3)c12. The third-order valence-electron chi connectivity index (χ3n) is 5.88. The monoisotopic (exact) mass is 540 g/mol. The predicted octanol–water partition coefficient (Wildman–Crippen LogP) is 5.72. The first-order valence-corrected chi connectivity index (χ1v) is 11.3. The molecule has 1 fully saturated rings. The molecule has 180 valence electrons. The summed E-state index contributed by atoms with van der Waals surface area (Å²) < 4.78 is 1.89. The van der Waals surface area contributed by atoms with Gasteiger partial charge in [0.2, 0.25) is 0 Å². The van der Waals surface area contributed by atoms with Gasteiger partial charge in [-0.2, -0.15) is 5.10 Å². The van der Waals surface area contributed by atoms with Crippen LogP contribution in [0.5, 0.6) is 0 Å². The Morgan fingerprint density at radius 3 is 2.56 bits per heavy atom. The molecule has 3 aromatic heterocycles. The third-order valence-corrected chi connectivity index (χ3v) is 6.61. The Bertz CT molecular complexity index is 1300. The van der Waals surface area contributed by atoms with E-state index in [1.807, 2.05) is 35.1 Å². The molecule has 0 bridgehead atoms. The molecule has 4 heterocycles. The molecule has 7 nitrogen and oxygen atoms in total. The Balaban J connectivity index is 0.00000162. The highest BCUT2D eigenvalue weighted by Gasteiger charge is 2.24. The van der Waals surface area contributed by atoms with E-state index in [0.29, 0.717) is 27.9 Å². The quantitative estimate of drug-likeness (QED) is 0.337. The number of nitrogens with one attached hydrogen (secondary N) is 2. The van der Waals surface area contributed by atoms with E-state index in [1.54, 1.807) is 18.5 Å². The summed E-state index contributed by atoms with van der Waals surface area (Å²) >= 11 is 12.1. The van der Waals surface area contributed by atoms with Crippen LogP contribution in [0.3, 0.4) is 0 Å². The second-order valence-corrected chi connectivity index (χ2v) is 8.75. The van der Waals surface area contributed by atoms with Gasteiger partial charge < -0.3 is 15.2 Å². The van der Waals surface area contributed by atoms with Crippen molar-refractivity contribution in [2.75, 3.05) is 23.3 Å². The maximum atomic E-state index is 12.9. The fourth-order valence-corrected chi connectivity index (χ4v) is 4.54. The number of benzene rings is 1. The minimum atomic E-state index is -0.147. The maximum Gasteiger partial charge on any atom is 0.275 e. The van der Waals surface area contributed by atoms with E-state index in [-0.39, 0.29) is 36.4 Å². The molecular weight excluding hydrogens is 518 g/mol. The van der Waals surface area contributed by atoms with Crippen molar-refractivity contribution in [2.45, 2.75) is 25.4 Å².